The number of carbonyl (C=O) groups excluding carboxylic acids is 1. The number of H-pyrrole nitrogens is 1. The predicted molar refractivity (Wildman–Crippen MR) is 94.5 cm³/mol. The fraction of sp³-hybridized carbons (Fsp3) is 0.167. The Hall–Kier alpha value is -3.35. The number of rotatable bonds is 5. The van der Waals surface area contributed by atoms with Crippen LogP contribution in [0.3, 0.4) is 0 Å². The third-order valence-corrected chi connectivity index (χ3v) is 3.63. The van der Waals surface area contributed by atoms with Gasteiger partial charge >= 0.3 is 0 Å². The van der Waals surface area contributed by atoms with Crippen molar-refractivity contribution >= 4 is 22.4 Å². The number of methoxy groups -OCH3 is 1. The average Bonchev–Trinajstić information content (AvgIpc) is 2.63. The molecule has 128 valence electrons. The lowest BCUT2D eigenvalue weighted by molar-refractivity contribution is 0.102. The normalized spacial score (nSPS) is 10.5. The number of amides is 1. The first-order valence-electron chi connectivity index (χ1n) is 7.73. The molecule has 0 aliphatic rings. The summed E-state index contributed by atoms with van der Waals surface area (Å²) in [7, 11) is 1.53. The highest BCUT2D eigenvalue weighted by Gasteiger charge is 2.15. The Labute approximate surface area is 143 Å². The van der Waals surface area contributed by atoms with E-state index in [0.717, 1.165) is 0 Å². The van der Waals surface area contributed by atoms with Gasteiger partial charge in [-0.05, 0) is 25.1 Å². The average molecular weight is 339 g/mol. The number of hydrogen-bond donors (Lipinski definition) is 2. The van der Waals surface area contributed by atoms with Gasteiger partial charge in [0.15, 0.2) is 17.2 Å². The maximum atomic E-state index is 12.6. The Bertz CT molecular complexity index is 981. The lowest BCUT2D eigenvalue weighted by Gasteiger charge is -2.12. The van der Waals surface area contributed by atoms with Crippen molar-refractivity contribution in [2.75, 3.05) is 19.0 Å². The van der Waals surface area contributed by atoms with Gasteiger partial charge < -0.3 is 14.8 Å². The Kier molecular flexibility index (Phi) is 4.65. The first-order valence-corrected chi connectivity index (χ1v) is 7.73. The van der Waals surface area contributed by atoms with Crippen LogP contribution in [0.2, 0.25) is 0 Å². The molecular formula is C18H17N3O4. The van der Waals surface area contributed by atoms with Gasteiger partial charge in [-0.25, -0.2) is 5.10 Å². The number of aromatic nitrogens is 2. The smallest absolute Gasteiger partial charge is 0.276 e. The van der Waals surface area contributed by atoms with E-state index in [4.69, 9.17) is 9.47 Å². The minimum atomic E-state index is -0.432. The third kappa shape index (κ3) is 3.30. The van der Waals surface area contributed by atoms with E-state index < -0.39 is 5.91 Å². The van der Waals surface area contributed by atoms with Crippen LogP contribution in [0.25, 0.3) is 10.8 Å². The topological polar surface area (TPSA) is 93.3 Å². The molecule has 0 saturated heterocycles. The van der Waals surface area contributed by atoms with Gasteiger partial charge in [-0.3, -0.25) is 9.59 Å². The number of nitrogens with zero attached hydrogens (tertiary/aromatic N) is 1. The zero-order valence-corrected chi connectivity index (χ0v) is 13.8. The van der Waals surface area contributed by atoms with Gasteiger partial charge in [0.05, 0.1) is 19.1 Å². The van der Waals surface area contributed by atoms with Crippen molar-refractivity contribution in [1.82, 2.24) is 10.2 Å². The summed E-state index contributed by atoms with van der Waals surface area (Å²) in [5, 5.41) is 9.89. The molecule has 7 nitrogen and oxygen atoms in total. The van der Waals surface area contributed by atoms with Crippen LogP contribution in [-0.4, -0.2) is 29.8 Å². The van der Waals surface area contributed by atoms with Crippen molar-refractivity contribution in [2.45, 2.75) is 6.92 Å². The minimum absolute atomic E-state index is 0.142. The maximum absolute atomic E-state index is 12.6. The van der Waals surface area contributed by atoms with Crippen LogP contribution in [0.15, 0.2) is 47.3 Å². The number of ether oxygens (including phenoxy) is 2. The van der Waals surface area contributed by atoms with Crippen molar-refractivity contribution in [1.29, 1.82) is 0 Å². The molecule has 3 aromatic rings. The van der Waals surface area contributed by atoms with Gasteiger partial charge in [0.1, 0.15) is 0 Å². The van der Waals surface area contributed by atoms with Crippen LogP contribution in [0, 0.1) is 0 Å². The van der Waals surface area contributed by atoms with E-state index in [9.17, 15) is 9.59 Å². The second-order valence-electron chi connectivity index (χ2n) is 5.20. The molecule has 7 heteroatoms. The SMILES string of the molecule is CCOc1ccc(NC(=O)c2n[nH]c(=O)c3ccccc23)cc1OC. The summed E-state index contributed by atoms with van der Waals surface area (Å²) in [6.45, 7) is 2.39. The predicted octanol–water partition coefficient (Wildman–Crippen LogP) is 2.58. The van der Waals surface area contributed by atoms with Crippen molar-refractivity contribution in [3.63, 3.8) is 0 Å². The monoisotopic (exact) mass is 339 g/mol. The fourth-order valence-corrected chi connectivity index (χ4v) is 2.50. The molecule has 1 heterocycles. The zero-order chi connectivity index (χ0) is 17.8. The van der Waals surface area contributed by atoms with E-state index >= 15 is 0 Å². The Balaban J connectivity index is 1.93. The molecule has 2 N–H and O–H groups in total. The summed E-state index contributed by atoms with van der Waals surface area (Å²) < 4.78 is 10.7. The molecule has 0 saturated carbocycles. The second-order valence-corrected chi connectivity index (χ2v) is 5.20. The standard InChI is InChI=1S/C18H17N3O4/c1-3-25-14-9-8-11(10-15(14)24-2)19-18(23)16-12-6-4-5-7-13(12)17(22)21-20-16/h4-10H,3H2,1-2H3,(H,19,23)(H,21,22). The summed E-state index contributed by atoms with van der Waals surface area (Å²) in [4.78, 5) is 24.4. The summed E-state index contributed by atoms with van der Waals surface area (Å²) in [5.74, 6) is 0.674. The number of fused-ring (bicyclic) bond motifs is 1. The van der Waals surface area contributed by atoms with Crippen LogP contribution >= 0.6 is 0 Å². The van der Waals surface area contributed by atoms with E-state index in [1.165, 1.54) is 7.11 Å². The van der Waals surface area contributed by atoms with Crippen LogP contribution in [0.1, 0.15) is 17.4 Å². The molecule has 0 spiro atoms. The fourth-order valence-electron chi connectivity index (χ4n) is 2.50. The summed E-state index contributed by atoms with van der Waals surface area (Å²) in [5.41, 5.74) is 0.334. The number of benzene rings is 2. The summed E-state index contributed by atoms with van der Waals surface area (Å²) in [6.07, 6.45) is 0. The molecule has 25 heavy (non-hydrogen) atoms. The Morgan fingerprint density at radius 1 is 1.16 bits per heavy atom. The van der Waals surface area contributed by atoms with Crippen molar-refractivity contribution in [3.8, 4) is 11.5 Å². The van der Waals surface area contributed by atoms with E-state index in [-0.39, 0.29) is 11.3 Å². The Morgan fingerprint density at radius 2 is 1.92 bits per heavy atom. The lowest BCUT2D eigenvalue weighted by Crippen LogP contribution is -2.19. The highest BCUT2D eigenvalue weighted by atomic mass is 16.5. The number of nitrogens with one attached hydrogen (secondary N) is 2. The first-order chi connectivity index (χ1) is 12.1. The molecule has 0 atom stereocenters. The van der Waals surface area contributed by atoms with Crippen molar-refractivity contribution in [2.24, 2.45) is 0 Å². The molecule has 0 fully saturated rings. The minimum Gasteiger partial charge on any atom is -0.493 e. The summed E-state index contributed by atoms with van der Waals surface area (Å²) in [6, 6.07) is 11.9. The molecule has 0 aliphatic carbocycles. The van der Waals surface area contributed by atoms with E-state index in [2.05, 4.69) is 15.5 Å². The third-order valence-electron chi connectivity index (χ3n) is 3.63. The maximum Gasteiger partial charge on any atom is 0.276 e. The first kappa shape index (κ1) is 16.5. The highest BCUT2D eigenvalue weighted by molar-refractivity contribution is 6.11. The van der Waals surface area contributed by atoms with Gasteiger partial charge in [0.25, 0.3) is 11.5 Å². The second kappa shape index (κ2) is 7.04. The largest absolute Gasteiger partial charge is 0.493 e. The molecule has 0 bridgehead atoms. The molecule has 0 aliphatic heterocycles. The molecule has 0 radical (unpaired) electrons. The number of hydrogen-bond acceptors (Lipinski definition) is 5. The zero-order valence-electron chi connectivity index (χ0n) is 13.8. The molecule has 1 aromatic heterocycles. The lowest BCUT2D eigenvalue weighted by atomic mass is 10.1. The van der Waals surface area contributed by atoms with Crippen LogP contribution in [0.5, 0.6) is 11.5 Å². The van der Waals surface area contributed by atoms with Crippen LogP contribution < -0.4 is 20.3 Å². The van der Waals surface area contributed by atoms with E-state index in [1.54, 1.807) is 42.5 Å². The molecule has 1 amide bonds. The van der Waals surface area contributed by atoms with Crippen LogP contribution in [0.4, 0.5) is 5.69 Å². The quantitative estimate of drug-likeness (QED) is 0.745. The van der Waals surface area contributed by atoms with Gasteiger partial charge in [0.2, 0.25) is 0 Å². The van der Waals surface area contributed by atoms with E-state index in [1.807, 2.05) is 6.92 Å². The molecule has 0 unspecified atom stereocenters. The number of anilines is 1. The number of aromatic amines is 1. The van der Waals surface area contributed by atoms with Gasteiger partial charge in [-0.15, -0.1) is 0 Å². The molecule has 2 aromatic carbocycles. The molecular weight excluding hydrogens is 322 g/mol. The van der Waals surface area contributed by atoms with Crippen LogP contribution in [-0.2, 0) is 0 Å². The summed E-state index contributed by atoms with van der Waals surface area (Å²) >= 11 is 0. The van der Waals surface area contributed by atoms with Gasteiger partial charge in [-0.1, -0.05) is 18.2 Å². The van der Waals surface area contributed by atoms with Gasteiger partial charge in [0, 0.05) is 17.1 Å². The van der Waals surface area contributed by atoms with Gasteiger partial charge in [-0.2, -0.15) is 5.10 Å². The number of carbonyl (C=O) groups is 1. The molecule has 3 rings (SSSR count). The highest BCUT2D eigenvalue weighted by Crippen LogP contribution is 2.30. The Morgan fingerprint density at radius 3 is 2.64 bits per heavy atom. The van der Waals surface area contributed by atoms with E-state index in [0.29, 0.717) is 34.6 Å². The van der Waals surface area contributed by atoms with Crippen molar-refractivity contribution in [3.05, 3.63) is 58.5 Å². The van der Waals surface area contributed by atoms with Crippen molar-refractivity contribution < 1.29 is 14.3 Å².